The van der Waals surface area contributed by atoms with Gasteiger partial charge in [-0.25, -0.2) is 0 Å². The first-order chi connectivity index (χ1) is 12.6. The number of anilines is 2. The van der Waals surface area contributed by atoms with Crippen LogP contribution in [0.5, 0.6) is 0 Å². The van der Waals surface area contributed by atoms with Gasteiger partial charge in [-0.1, -0.05) is 32.9 Å². The first kappa shape index (κ1) is 20.6. The van der Waals surface area contributed by atoms with Gasteiger partial charge in [-0.05, 0) is 62.5 Å². The minimum absolute atomic E-state index is 0.0416. The molecule has 2 amide bonds. The second-order valence-corrected chi connectivity index (χ2v) is 8.13. The standard InChI is InChI=1S/C22H29N3O2/c1-15-12-18(10-11-19(15)24-21(27)22(2,3)4)23-20(26)17-9-7-8-16(13-17)14-25(5)6/h7-13H,14H2,1-6H3,(H,23,26)(H,24,27). The maximum absolute atomic E-state index is 12.6. The van der Waals surface area contributed by atoms with Crippen LogP contribution in [0.3, 0.4) is 0 Å². The van der Waals surface area contributed by atoms with E-state index in [4.69, 9.17) is 0 Å². The molecule has 5 nitrogen and oxygen atoms in total. The third-order valence-corrected chi connectivity index (χ3v) is 4.10. The highest BCUT2D eigenvalue weighted by Crippen LogP contribution is 2.23. The Morgan fingerprint density at radius 2 is 1.70 bits per heavy atom. The molecule has 0 radical (unpaired) electrons. The number of hydrogen-bond donors (Lipinski definition) is 2. The van der Waals surface area contributed by atoms with E-state index >= 15 is 0 Å². The van der Waals surface area contributed by atoms with Crippen molar-refractivity contribution in [3.8, 4) is 0 Å². The molecule has 0 bridgehead atoms. The lowest BCUT2D eigenvalue weighted by atomic mass is 9.95. The van der Waals surface area contributed by atoms with Gasteiger partial charge in [0.25, 0.3) is 5.91 Å². The summed E-state index contributed by atoms with van der Waals surface area (Å²) < 4.78 is 0. The fourth-order valence-corrected chi connectivity index (χ4v) is 2.57. The van der Waals surface area contributed by atoms with E-state index in [1.807, 2.05) is 72.1 Å². The van der Waals surface area contributed by atoms with Gasteiger partial charge < -0.3 is 15.5 Å². The van der Waals surface area contributed by atoms with Crippen LogP contribution >= 0.6 is 0 Å². The molecule has 0 unspecified atom stereocenters. The lowest BCUT2D eigenvalue weighted by Gasteiger charge is -2.19. The summed E-state index contributed by atoms with van der Waals surface area (Å²) in [6.07, 6.45) is 0. The van der Waals surface area contributed by atoms with E-state index in [0.29, 0.717) is 11.3 Å². The number of benzene rings is 2. The molecule has 5 heteroatoms. The molecule has 0 saturated carbocycles. The van der Waals surface area contributed by atoms with Crippen LogP contribution in [-0.4, -0.2) is 30.8 Å². The van der Waals surface area contributed by atoms with Gasteiger partial charge in [0, 0.05) is 28.9 Å². The number of hydrogen-bond acceptors (Lipinski definition) is 3. The number of rotatable bonds is 5. The van der Waals surface area contributed by atoms with Crippen molar-refractivity contribution in [1.29, 1.82) is 0 Å². The van der Waals surface area contributed by atoms with Crippen molar-refractivity contribution >= 4 is 23.2 Å². The van der Waals surface area contributed by atoms with Crippen LogP contribution in [0.2, 0.25) is 0 Å². The zero-order valence-electron chi connectivity index (χ0n) is 17.0. The third-order valence-electron chi connectivity index (χ3n) is 4.10. The Labute approximate surface area is 161 Å². The van der Waals surface area contributed by atoms with Crippen molar-refractivity contribution in [1.82, 2.24) is 4.90 Å². The Bertz CT molecular complexity index is 836. The first-order valence-electron chi connectivity index (χ1n) is 9.03. The summed E-state index contributed by atoms with van der Waals surface area (Å²) in [5, 5.41) is 5.86. The van der Waals surface area contributed by atoms with Crippen LogP contribution in [-0.2, 0) is 11.3 Å². The minimum atomic E-state index is -0.461. The molecule has 0 aromatic heterocycles. The van der Waals surface area contributed by atoms with E-state index in [2.05, 4.69) is 15.5 Å². The molecule has 0 aliphatic carbocycles. The highest BCUT2D eigenvalue weighted by atomic mass is 16.2. The molecule has 2 aromatic carbocycles. The molecule has 144 valence electrons. The van der Waals surface area contributed by atoms with Crippen LogP contribution in [0.4, 0.5) is 11.4 Å². The van der Waals surface area contributed by atoms with Crippen molar-refractivity contribution in [3.05, 3.63) is 59.2 Å². The second-order valence-electron chi connectivity index (χ2n) is 8.13. The molecule has 0 spiro atoms. The summed E-state index contributed by atoms with van der Waals surface area (Å²) in [5.41, 5.74) is 3.59. The van der Waals surface area contributed by atoms with Gasteiger partial charge in [0.15, 0.2) is 0 Å². The van der Waals surface area contributed by atoms with Crippen LogP contribution in [0.15, 0.2) is 42.5 Å². The zero-order valence-corrected chi connectivity index (χ0v) is 17.0. The molecule has 0 heterocycles. The smallest absolute Gasteiger partial charge is 0.255 e. The summed E-state index contributed by atoms with van der Waals surface area (Å²) in [7, 11) is 3.99. The van der Waals surface area contributed by atoms with E-state index in [1.165, 1.54) is 0 Å². The van der Waals surface area contributed by atoms with Gasteiger partial charge in [-0.3, -0.25) is 9.59 Å². The van der Waals surface area contributed by atoms with E-state index in [0.717, 1.165) is 23.4 Å². The third kappa shape index (κ3) is 5.93. The van der Waals surface area contributed by atoms with Crippen LogP contribution < -0.4 is 10.6 Å². The van der Waals surface area contributed by atoms with Gasteiger partial charge in [0.1, 0.15) is 0 Å². The van der Waals surface area contributed by atoms with Gasteiger partial charge in [0.2, 0.25) is 5.91 Å². The van der Waals surface area contributed by atoms with Crippen molar-refractivity contribution in [2.45, 2.75) is 34.2 Å². The Kier molecular flexibility index (Phi) is 6.39. The van der Waals surface area contributed by atoms with Crippen LogP contribution in [0.1, 0.15) is 42.3 Å². The van der Waals surface area contributed by atoms with E-state index < -0.39 is 5.41 Å². The summed E-state index contributed by atoms with van der Waals surface area (Å²) in [6, 6.07) is 13.1. The van der Waals surface area contributed by atoms with Crippen molar-refractivity contribution < 1.29 is 9.59 Å². The molecule has 27 heavy (non-hydrogen) atoms. The highest BCUT2D eigenvalue weighted by molar-refractivity contribution is 6.04. The number of aryl methyl sites for hydroxylation is 1. The first-order valence-corrected chi connectivity index (χ1v) is 9.03. The number of nitrogens with zero attached hydrogens (tertiary/aromatic N) is 1. The summed E-state index contributed by atoms with van der Waals surface area (Å²) in [5.74, 6) is -0.193. The molecule has 0 aliphatic rings. The molecule has 0 saturated heterocycles. The fraction of sp³-hybridized carbons (Fsp3) is 0.364. The average molecular weight is 367 g/mol. The highest BCUT2D eigenvalue weighted by Gasteiger charge is 2.21. The number of carbonyl (C=O) groups is 2. The Morgan fingerprint density at radius 3 is 2.30 bits per heavy atom. The van der Waals surface area contributed by atoms with Gasteiger partial charge >= 0.3 is 0 Å². The average Bonchev–Trinajstić information content (AvgIpc) is 2.56. The lowest BCUT2D eigenvalue weighted by molar-refractivity contribution is -0.123. The Balaban J connectivity index is 2.10. The molecule has 0 fully saturated rings. The topological polar surface area (TPSA) is 61.4 Å². The van der Waals surface area contributed by atoms with E-state index in [-0.39, 0.29) is 11.8 Å². The maximum Gasteiger partial charge on any atom is 0.255 e. The summed E-state index contributed by atoms with van der Waals surface area (Å²) >= 11 is 0. The number of carbonyl (C=O) groups excluding carboxylic acids is 2. The van der Waals surface area contributed by atoms with Crippen molar-refractivity contribution in [2.24, 2.45) is 5.41 Å². The lowest BCUT2D eigenvalue weighted by Crippen LogP contribution is -2.27. The normalized spacial score (nSPS) is 11.4. The van der Waals surface area contributed by atoms with Crippen molar-refractivity contribution in [2.75, 3.05) is 24.7 Å². The largest absolute Gasteiger partial charge is 0.325 e. The molecule has 0 atom stereocenters. The van der Waals surface area contributed by atoms with Crippen LogP contribution in [0.25, 0.3) is 0 Å². The fourth-order valence-electron chi connectivity index (χ4n) is 2.57. The SMILES string of the molecule is Cc1cc(NC(=O)c2cccc(CN(C)C)c2)ccc1NC(=O)C(C)(C)C. The number of amides is 2. The second kappa shape index (κ2) is 8.35. The molecule has 2 rings (SSSR count). The maximum atomic E-state index is 12.6. The summed E-state index contributed by atoms with van der Waals surface area (Å²) in [6.45, 7) is 8.30. The molecule has 0 aliphatic heterocycles. The number of nitrogens with one attached hydrogen (secondary N) is 2. The van der Waals surface area contributed by atoms with E-state index in [1.54, 1.807) is 12.1 Å². The van der Waals surface area contributed by atoms with Crippen LogP contribution in [0, 0.1) is 12.3 Å². The quantitative estimate of drug-likeness (QED) is 0.828. The molecule has 2 N–H and O–H groups in total. The minimum Gasteiger partial charge on any atom is -0.325 e. The predicted molar refractivity (Wildman–Crippen MR) is 111 cm³/mol. The Hall–Kier alpha value is -2.66. The Morgan fingerprint density at radius 1 is 1.00 bits per heavy atom. The summed E-state index contributed by atoms with van der Waals surface area (Å²) in [4.78, 5) is 26.8. The van der Waals surface area contributed by atoms with Crippen molar-refractivity contribution in [3.63, 3.8) is 0 Å². The zero-order chi connectivity index (χ0) is 20.2. The molecule has 2 aromatic rings. The molecular formula is C22H29N3O2. The van der Waals surface area contributed by atoms with E-state index in [9.17, 15) is 9.59 Å². The van der Waals surface area contributed by atoms with Gasteiger partial charge in [0.05, 0.1) is 0 Å². The van der Waals surface area contributed by atoms with Gasteiger partial charge in [-0.15, -0.1) is 0 Å². The predicted octanol–water partition coefficient (Wildman–Crippen LogP) is 4.29. The molecular weight excluding hydrogens is 338 g/mol. The van der Waals surface area contributed by atoms with Gasteiger partial charge in [-0.2, -0.15) is 0 Å². The monoisotopic (exact) mass is 367 g/mol.